The molecule has 4 fully saturated rings. The number of hydrogen-bond donors (Lipinski definition) is 0. The van der Waals surface area contributed by atoms with Crippen LogP contribution in [0.2, 0.25) is 54.4 Å². The molecule has 0 aromatic heterocycles. The van der Waals surface area contributed by atoms with Crippen LogP contribution in [-0.2, 0) is 51.3 Å². The summed E-state index contributed by atoms with van der Waals surface area (Å²) in [5, 5.41) is -0.516. The summed E-state index contributed by atoms with van der Waals surface area (Å²) < 4.78 is 64.9. The topological polar surface area (TPSA) is 134 Å². The predicted molar refractivity (Wildman–Crippen MR) is 350 cm³/mol. The third-order valence-corrected chi connectivity index (χ3v) is 34.9. The van der Waals surface area contributed by atoms with Gasteiger partial charge in [0, 0.05) is 26.2 Å². The largest absolute Gasteiger partial charge is 0.458 e. The van der Waals surface area contributed by atoms with Gasteiger partial charge in [0.1, 0.15) is 42.4 Å². The molecule has 6 bridgehead atoms. The van der Waals surface area contributed by atoms with Gasteiger partial charge < -0.3 is 41.7 Å². The molecule has 0 radical (unpaired) electrons. The van der Waals surface area contributed by atoms with Crippen LogP contribution in [0, 0.1) is 29.6 Å². The average molecular weight is 1240 g/mol. The minimum absolute atomic E-state index is 0.0298. The molecule has 0 aliphatic carbocycles. The molecule has 15 heteroatoms. The van der Waals surface area contributed by atoms with Gasteiger partial charge in [-0.05, 0) is 171 Å². The highest BCUT2D eigenvalue weighted by molar-refractivity contribution is 6.75. The number of hydrogen-bond acceptors (Lipinski definition) is 12. The van der Waals surface area contributed by atoms with Crippen LogP contribution in [-0.4, -0.2) is 122 Å². The van der Waals surface area contributed by atoms with Crippen molar-refractivity contribution in [1.29, 1.82) is 0 Å². The lowest BCUT2D eigenvalue weighted by Crippen LogP contribution is -2.69. The van der Waals surface area contributed by atoms with Crippen molar-refractivity contribution in [2.24, 2.45) is 29.6 Å². The molecular formula is C70H118O12Si3. The van der Waals surface area contributed by atoms with Crippen LogP contribution in [0.25, 0.3) is 0 Å². The summed E-state index contributed by atoms with van der Waals surface area (Å²) in [6.45, 7) is 55.9. The van der Waals surface area contributed by atoms with Crippen LogP contribution < -0.4 is 0 Å². The smallest absolute Gasteiger partial charge is 0.338 e. The van der Waals surface area contributed by atoms with Crippen molar-refractivity contribution in [2.45, 2.75) is 321 Å². The lowest BCUT2D eigenvalue weighted by Gasteiger charge is -2.56. The molecule has 1 aromatic carbocycles. The number of carbonyl (C=O) groups is 3. The zero-order valence-electron chi connectivity index (χ0n) is 56.9. The van der Waals surface area contributed by atoms with Crippen molar-refractivity contribution >= 4 is 42.7 Å². The number of benzene rings is 1. The number of carbonyl (C=O) groups excluding carboxylic acids is 3. The molecule has 6 heterocycles. The van der Waals surface area contributed by atoms with Crippen molar-refractivity contribution in [3.8, 4) is 0 Å². The minimum atomic E-state index is -2.63. The maximum atomic E-state index is 15.0. The van der Waals surface area contributed by atoms with Gasteiger partial charge in [-0.1, -0.05) is 141 Å². The molecule has 12 nitrogen and oxygen atoms in total. The van der Waals surface area contributed by atoms with Crippen molar-refractivity contribution in [2.75, 3.05) is 0 Å². The Morgan fingerprint density at radius 1 is 0.659 bits per heavy atom. The Hall–Kier alpha value is -2.58. The van der Waals surface area contributed by atoms with Gasteiger partial charge >= 0.3 is 11.9 Å². The Morgan fingerprint density at radius 2 is 1.24 bits per heavy atom. The highest BCUT2D eigenvalue weighted by atomic mass is 28.4. The number of ketones is 1. The molecule has 3 unspecified atom stereocenters. The van der Waals surface area contributed by atoms with E-state index in [1.165, 1.54) is 6.92 Å². The fourth-order valence-electron chi connectivity index (χ4n) is 12.6. The molecule has 6 aliphatic heterocycles. The van der Waals surface area contributed by atoms with E-state index in [1.54, 1.807) is 12.1 Å². The number of Topliss-reactive ketones (excluding diaryl/α,β-unsaturated/α-hetero) is 1. The van der Waals surface area contributed by atoms with E-state index < -0.39 is 79.8 Å². The predicted octanol–water partition coefficient (Wildman–Crippen LogP) is 16.9. The Kier molecular flexibility index (Phi) is 24.5. The molecule has 0 spiro atoms. The Labute approximate surface area is 519 Å². The second kappa shape index (κ2) is 29.1. The standard InChI is InChI=1S/C70H118O12Si3/c1-24-44(2)39-60-49(7)56-42-52(72)41-55-34-36-58-63(76-55)65(81-84(20,21)69(12,13)14)66(82-85(22,23)70(15,16)17)64(79-58)59(80-83(18,19)68(9,10)11)37-33-53(77-67(73)51-28-26-25-27-29-51)31-32-54-40-47(5)57(75-54)35-30-45(3)38-46(4)48(6)61(74-50(8)71)43-62(56)78-60/h25-29,33,37,44-46,49,53-66H,5-6,24,30-32,34-36,38-43H2,1-4,7-23H3/t44-,45-,46-,49-,53?,54?,55?,56-,57+,58+,59+,60-,61-,62+,63+,64+,65+,66-/m1/s1. The Morgan fingerprint density at radius 3 is 1.82 bits per heavy atom. The fourth-order valence-corrected chi connectivity index (χ4v) is 16.4. The monoisotopic (exact) mass is 1230 g/mol. The summed E-state index contributed by atoms with van der Waals surface area (Å²) in [6.07, 6.45) is 7.38. The molecule has 85 heavy (non-hydrogen) atoms. The van der Waals surface area contributed by atoms with Crippen LogP contribution in [0.5, 0.6) is 0 Å². The molecule has 482 valence electrons. The average Bonchev–Trinajstić information content (AvgIpc) is 2.02. The summed E-state index contributed by atoms with van der Waals surface area (Å²) >= 11 is 0. The van der Waals surface area contributed by atoms with Gasteiger partial charge in [-0.2, -0.15) is 0 Å². The molecule has 4 saturated heterocycles. The maximum absolute atomic E-state index is 15.0. The van der Waals surface area contributed by atoms with Crippen LogP contribution >= 0.6 is 0 Å². The van der Waals surface area contributed by atoms with Crippen LogP contribution in [0.3, 0.4) is 0 Å². The minimum Gasteiger partial charge on any atom is -0.458 e. The second-order valence-corrected chi connectivity index (χ2v) is 45.8. The van der Waals surface area contributed by atoms with Gasteiger partial charge in [-0.15, -0.1) is 0 Å². The fraction of sp³-hybridized carbons (Fsp3) is 0.786. The normalized spacial score (nSPS) is 34.4. The first kappa shape index (κ1) is 71.5. The molecule has 18 atom stereocenters. The third kappa shape index (κ3) is 18.8. The highest BCUT2D eigenvalue weighted by Gasteiger charge is 2.58. The number of fused-ring (bicyclic) bond motifs is 15. The maximum Gasteiger partial charge on any atom is 0.338 e. The van der Waals surface area contributed by atoms with E-state index in [-0.39, 0.29) is 81.6 Å². The van der Waals surface area contributed by atoms with Gasteiger partial charge in [0.2, 0.25) is 0 Å². The quantitative estimate of drug-likeness (QED) is 0.112. The second-order valence-electron chi connectivity index (χ2n) is 31.5. The first-order valence-electron chi connectivity index (χ1n) is 33.0. The Bertz CT molecular complexity index is 2420. The van der Waals surface area contributed by atoms with Crippen molar-refractivity contribution in [1.82, 2.24) is 0 Å². The summed E-state index contributed by atoms with van der Waals surface area (Å²) in [5.74, 6) is 0.237. The van der Waals surface area contributed by atoms with E-state index in [2.05, 4.69) is 155 Å². The summed E-state index contributed by atoms with van der Waals surface area (Å²) in [4.78, 5) is 42.1. The van der Waals surface area contributed by atoms with Crippen LogP contribution in [0.1, 0.15) is 198 Å². The molecular weight excluding hydrogens is 1120 g/mol. The van der Waals surface area contributed by atoms with Gasteiger partial charge in [-0.3, -0.25) is 9.59 Å². The first-order valence-corrected chi connectivity index (χ1v) is 41.7. The SMILES string of the molecule is C=C1CC2CCC(OC(=O)c3ccccc3)C=C[C@H](O[Si](C)(C)C(C)(C)C)[C@@H]3O[C@H]4CCC(CC(=O)C[C@@H]5[C@@H](C)[C@@H](C[C@H](C)CC)O[C@H]5C[C@@H](OC(C)=O)C(=C)[C@H](C)C[C@H](C)CC[C@@H]1O2)O[C@@H]4[C@H](O[Si](C)(C)C(C)(C)C)[C@@H]3O[Si](C)(C)C(C)(C)C. The molecule has 7 rings (SSSR count). The molecule has 6 aliphatic rings. The lowest BCUT2D eigenvalue weighted by molar-refractivity contribution is -0.266. The van der Waals surface area contributed by atoms with E-state index >= 15 is 0 Å². The van der Waals surface area contributed by atoms with E-state index in [9.17, 15) is 14.4 Å². The lowest BCUT2D eigenvalue weighted by atomic mass is 9.78. The van der Waals surface area contributed by atoms with E-state index in [0.717, 1.165) is 49.7 Å². The third-order valence-electron chi connectivity index (χ3n) is 21.5. The number of esters is 2. The summed E-state index contributed by atoms with van der Waals surface area (Å²) in [5.41, 5.74) is 2.45. The van der Waals surface area contributed by atoms with Crippen molar-refractivity contribution in [3.05, 3.63) is 72.4 Å². The molecule has 0 N–H and O–H groups in total. The van der Waals surface area contributed by atoms with E-state index in [4.69, 9.17) is 41.7 Å². The van der Waals surface area contributed by atoms with Crippen molar-refractivity contribution < 1.29 is 56.1 Å². The molecule has 0 amide bonds. The van der Waals surface area contributed by atoms with Gasteiger partial charge in [0.05, 0.1) is 48.3 Å². The zero-order chi connectivity index (χ0) is 63.4. The molecule has 1 aromatic rings. The number of ether oxygens (including phenoxy) is 6. The summed E-state index contributed by atoms with van der Waals surface area (Å²) in [7, 11) is -7.82. The van der Waals surface area contributed by atoms with Gasteiger partial charge in [-0.25, -0.2) is 4.79 Å². The highest BCUT2D eigenvalue weighted by Crippen LogP contribution is 2.49. The van der Waals surface area contributed by atoms with Gasteiger partial charge in [0.25, 0.3) is 0 Å². The van der Waals surface area contributed by atoms with Gasteiger partial charge in [0.15, 0.2) is 25.0 Å². The molecule has 0 saturated carbocycles. The first-order chi connectivity index (χ1) is 39.3. The van der Waals surface area contributed by atoms with Crippen LogP contribution in [0.4, 0.5) is 0 Å². The van der Waals surface area contributed by atoms with E-state index in [0.29, 0.717) is 55.9 Å². The zero-order valence-corrected chi connectivity index (χ0v) is 59.9. The summed E-state index contributed by atoms with van der Waals surface area (Å²) in [6, 6.07) is 9.20. The van der Waals surface area contributed by atoms with Crippen molar-refractivity contribution in [3.63, 3.8) is 0 Å². The van der Waals surface area contributed by atoms with E-state index in [1.807, 2.05) is 24.3 Å². The number of rotatable bonds is 12. The van der Waals surface area contributed by atoms with Crippen LogP contribution in [0.15, 0.2) is 66.8 Å². The Balaban J connectivity index is 1.49.